The Hall–Kier alpha value is -1.81. The molecule has 2 aromatic rings. The highest BCUT2D eigenvalue weighted by Crippen LogP contribution is 2.13. The van der Waals surface area contributed by atoms with Gasteiger partial charge in [0.1, 0.15) is 5.49 Å². The van der Waals surface area contributed by atoms with Crippen LogP contribution < -0.4 is 11.2 Å². The van der Waals surface area contributed by atoms with E-state index in [0.717, 1.165) is 16.6 Å². The third-order valence-electron chi connectivity index (χ3n) is 2.25. The molecular weight excluding hydrogens is 197 g/mol. The number of hydrogen-bond donors (Lipinski definition) is 2. The second kappa shape index (κ2) is 4.81. The number of pyridine rings is 1. The molecule has 1 heterocycles. The van der Waals surface area contributed by atoms with Crippen LogP contribution in [0.15, 0.2) is 53.7 Å². The van der Waals surface area contributed by atoms with Crippen LogP contribution in [0.2, 0.25) is 0 Å². The molecule has 1 aromatic heterocycles. The number of aromatic amines is 1. The number of nitrogens with zero attached hydrogens (tertiary/aromatic N) is 1. The lowest BCUT2D eigenvalue weighted by Crippen LogP contribution is -2.23. The van der Waals surface area contributed by atoms with E-state index in [2.05, 4.69) is 22.1 Å². The number of benzene rings is 1. The lowest BCUT2D eigenvalue weighted by atomic mass is 10.1. The lowest BCUT2D eigenvalue weighted by molar-refractivity contribution is 0.902. The Bertz CT molecular complexity index is 517. The van der Waals surface area contributed by atoms with E-state index in [1.165, 1.54) is 0 Å². The van der Waals surface area contributed by atoms with Gasteiger partial charge in [-0.1, -0.05) is 30.3 Å². The topological polar surface area (TPSA) is 54.2 Å². The zero-order valence-corrected chi connectivity index (χ0v) is 9.22. The van der Waals surface area contributed by atoms with Crippen LogP contribution in [0.4, 0.5) is 0 Å². The fourth-order valence-corrected chi connectivity index (χ4v) is 1.59. The Morgan fingerprint density at radius 2 is 1.88 bits per heavy atom. The predicted molar refractivity (Wildman–Crippen MR) is 68.3 cm³/mol. The first-order valence-electron chi connectivity index (χ1n) is 5.30. The van der Waals surface area contributed by atoms with E-state index in [-0.39, 0.29) is 6.07 Å². The van der Waals surface area contributed by atoms with Crippen LogP contribution in [0.5, 0.6) is 0 Å². The maximum absolute atomic E-state index is 5.68. The van der Waals surface area contributed by atoms with Crippen molar-refractivity contribution in [1.82, 2.24) is 4.98 Å². The van der Waals surface area contributed by atoms with Gasteiger partial charge in [-0.25, -0.2) is 0 Å². The van der Waals surface area contributed by atoms with E-state index in [1.54, 1.807) is 0 Å². The van der Waals surface area contributed by atoms with Crippen molar-refractivity contribution < 1.29 is 0 Å². The Morgan fingerprint density at radius 3 is 2.56 bits per heavy atom. The van der Waals surface area contributed by atoms with Gasteiger partial charge in [-0.05, 0) is 17.7 Å². The minimum atomic E-state index is -0.207. The van der Waals surface area contributed by atoms with Crippen LogP contribution in [0.3, 0.4) is 0 Å². The Labute approximate surface area is 95.5 Å². The van der Waals surface area contributed by atoms with Gasteiger partial charge in [-0.15, -0.1) is 0 Å². The number of hydrogen-bond acceptors (Lipinski definition) is 2. The summed E-state index contributed by atoms with van der Waals surface area (Å²) in [5.74, 6) is 0. The van der Waals surface area contributed by atoms with Crippen molar-refractivity contribution >= 4 is 7.85 Å². The Morgan fingerprint density at radius 1 is 1.12 bits per heavy atom. The molecule has 0 bridgehead atoms. The first-order chi connectivity index (χ1) is 7.77. The van der Waals surface area contributed by atoms with E-state index in [0.29, 0.717) is 0 Å². The highest BCUT2D eigenvalue weighted by molar-refractivity contribution is 6.11. The van der Waals surface area contributed by atoms with E-state index in [9.17, 15) is 0 Å². The van der Waals surface area contributed by atoms with Gasteiger partial charge < -0.3 is 10.7 Å². The first-order valence-corrected chi connectivity index (χ1v) is 5.30. The summed E-state index contributed by atoms with van der Waals surface area (Å²) in [4.78, 5) is 7.48. The summed E-state index contributed by atoms with van der Waals surface area (Å²) in [6.45, 7) is 0. The summed E-state index contributed by atoms with van der Waals surface area (Å²) >= 11 is 0. The second-order valence-electron chi connectivity index (χ2n) is 3.67. The van der Waals surface area contributed by atoms with Crippen LogP contribution in [0.25, 0.3) is 11.1 Å². The van der Waals surface area contributed by atoms with E-state index in [1.807, 2.05) is 44.4 Å². The zero-order valence-electron chi connectivity index (χ0n) is 9.22. The van der Waals surface area contributed by atoms with E-state index >= 15 is 0 Å². The molecule has 0 fully saturated rings. The van der Waals surface area contributed by atoms with E-state index in [4.69, 9.17) is 5.73 Å². The summed E-state index contributed by atoms with van der Waals surface area (Å²) in [6.07, 6.45) is 1.85. The highest BCUT2D eigenvalue weighted by Gasteiger charge is 1.99. The molecule has 3 N–H and O–H groups in total. The van der Waals surface area contributed by atoms with Crippen molar-refractivity contribution in [3.63, 3.8) is 0 Å². The van der Waals surface area contributed by atoms with Gasteiger partial charge in [0, 0.05) is 11.8 Å². The number of rotatable bonds is 2. The van der Waals surface area contributed by atoms with Gasteiger partial charge in [0.2, 0.25) is 0 Å². The summed E-state index contributed by atoms with van der Waals surface area (Å²) in [6, 6.07) is 13.9. The summed E-state index contributed by atoms with van der Waals surface area (Å²) in [7, 11) is 1.86. The molecule has 0 aliphatic heterocycles. The molecule has 0 spiro atoms. The SMILES string of the molecule is BC(N)/N=c1\[nH]cccc1-c1ccccc1. The van der Waals surface area contributed by atoms with Crippen LogP contribution >= 0.6 is 0 Å². The minimum absolute atomic E-state index is 0.207. The molecule has 16 heavy (non-hydrogen) atoms. The second-order valence-corrected chi connectivity index (χ2v) is 3.67. The molecule has 4 heteroatoms. The lowest BCUT2D eigenvalue weighted by Gasteiger charge is -2.03. The maximum atomic E-state index is 5.68. The molecule has 3 nitrogen and oxygen atoms in total. The predicted octanol–water partition coefficient (Wildman–Crippen LogP) is 0.458. The van der Waals surface area contributed by atoms with Crippen molar-refractivity contribution in [2.75, 3.05) is 0 Å². The Balaban J connectivity index is 2.58. The van der Waals surface area contributed by atoms with E-state index < -0.39 is 0 Å². The average molecular weight is 211 g/mol. The largest absolute Gasteiger partial charge is 0.346 e. The summed E-state index contributed by atoms with van der Waals surface area (Å²) < 4.78 is 0. The third kappa shape index (κ3) is 2.41. The number of nitrogens with two attached hydrogens (primary N) is 1. The molecule has 0 saturated carbocycles. The molecule has 80 valence electrons. The smallest absolute Gasteiger partial charge is 0.152 e. The average Bonchev–Trinajstić information content (AvgIpc) is 2.30. The van der Waals surface area contributed by atoms with Crippen LogP contribution in [0.1, 0.15) is 0 Å². The molecule has 1 unspecified atom stereocenters. The minimum Gasteiger partial charge on any atom is -0.346 e. The molecular formula is C12H14BN3. The van der Waals surface area contributed by atoms with Crippen molar-refractivity contribution in [3.05, 3.63) is 54.1 Å². The van der Waals surface area contributed by atoms with Gasteiger partial charge in [0.25, 0.3) is 0 Å². The van der Waals surface area contributed by atoms with Gasteiger partial charge in [0.05, 0.1) is 6.07 Å². The van der Waals surface area contributed by atoms with Crippen LogP contribution in [-0.2, 0) is 0 Å². The number of aromatic nitrogens is 1. The molecule has 0 aliphatic rings. The fourth-order valence-electron chi connectivity index (χ4n) is 1.59. The molecule has 1 atom stereocenters. The number of nitrogens with one attached hydrogen (secondary N) is 1. The maximum Gasteiger partial charge on any atom is 0.152 e. The molecule has 2 rings (SSSR count). The van der Waals surface area contributed by atoms with Crippen molar-refractivity contribution in [2.45, 2.75) is 6.07 Å². The van der Waals surface area contributed by atoms with Crippen molar-refractivity contribution in [2.24, 2.45) is 10.7 Å². The molecule has 0 aliphatic carbocycles. The fraction of sp³-hybridized carbons (Fsp3) is 0.0833. The third-order valence-corrected chi connectivity index (χ3v) is 2.25. The number of H-pyrrole nitrogens is 1. The van der Waals surface area contributed by atoms with Crippen molar-refractivity contribution in [3.8, 4) is 11.1 Å². The normalized spacial score (nSPS) is 13.7. The molecule has 0 amide bonds. The monoisotopic (exact) mass is 211 g/mol. The zero-order chi connectivity index (χ0) is 11.4. The van der Waals surface area contributed by atoms with Crippen LogP contribution in [0, 0.1) is 0 Å². The van der Waals surface area contributed by atoms with Gasteiger partial charge >= 0.3 is 0 Å². The van der Waals surface area contributed by atoms with Gasteiger partial charge in [0.15, 0.2) is 7.85 Å². The molecule has 1 aromatic carbocycles. The summed E-state index contributed by atoms with van der Waals surface area (Å²) in [5, 5.41) is 0. The summed E-state index contributed by atoms with van der Waals surface area (Å²) in [5.41, 5.74) is 8.72. The van der Waals surface area contributed by atoms with Crippen molar-refractivity contribution in [1.29, 1.82) is 0 Å². The standard InChI is InChI=1S/C12H14BN3/c13-12(14)16-11-10(7-4-8-15-11)9-5-2-1-3-6-9/h1-8,12H,13-14H2,(H,15,16). The van der Waals surface area contributed by atoms with Gasteiger partial charge in [-0.3, -0.25) is 4.99 Å². The highest BCUT2D eigenvalue weighted by atomic mass is 14.9. The molecule has 0 saturated heterocycles. The van der Waals surface area contributed by atoms with Crippen LogP contribution in [-0.4, -0.2) is 18.9 Å². The quantitative estimate of drug-likeness (QED) is 0.696. The van der Waals surface area contributed by atoms with Gasteiger partial charge in [-0.2, -0.15) is 0 Å². The first kappa shape index (κ1) is 10.7. The Kier molecular flexibility index (Phi) is 3.22. The molecule has 0 radical (unpaired) electrons.